The molecule has 0 aliphatic carbocycles. The number of aromatic nitrogens is 5. The molecule has 304 valence electrons. The van der Waals surface area contributed by atoms with E-state index in [-0.39, 0.29) is 0 Å². The summed E-state index contributed by atoms with van der Waals surface area (Å²) >= 11 is 1.82. The summed E-state index contributed by atoms with van der Waals surface area (Å²) in [6.45, 7) is 0. The van der Waals surface area contributed by atoms with Gasteiger partial charge in [-0.3, -0.25) is 9.13 Å². The largest absolute Gasteiger partial charge is 0.292 e. The number of fused-ring (bicyclic) bond motifs is 7. The van der Waals surface area contributed by atoms with Crippen LogP contribution in [0.5, 0.6) is 0 Å². The van der Waals surface area contributed by atoms with E-state index in [9.17, 15) is 0 Å². The number of hydrogen-bond acceptors (Lipinski definition) is 4. The Hall–Kier alpha value is -8.45. The van der Waals surface area contributed by atoms with E-state index in [1.807, 2.05) is 35.6 Å². The fourth-order valence-corrected chi connectivity index (χ4v) is 10.7. The molecule has 0 atom stereocenters. The summed E-state index contributed by atoms with van der Waals surface area (Å²) in [5.41, 5.74) is 15.8. The molecule has 9 aromatic carbocycles. The zero-order chi connectivity index (χ0) is 42.8. The van der Waals surface area contributed by atoms with Crippen LogP contribution in [0.3, 0.4) is 0 Å². The molecule has 0 unspecified atom stereocenters. The van der Waals surface area contributed by atoms with Gasteiger partial charge in [0, 0.05) is 48.9 Å². The van der Waals surface area contributed by atoms with Gasteiger partial charge >= 0.3 is 0 Å². The zero-order valence-electron chi connectivity index (χ0n) is 35.0. The van der Waals surface area contributed by atoms with Crippen molar-refractivity contribution >= 4 is 64.5 Å². The molecule has 0 amide bonds. The van der Waals surface area contributed by atoms with Crippen molar-refractivity contribution in [2.45, 2.75) is 0 Å². The van der Waals surface area contributed by atoms with Gasteiger partial charge in [0.15, 0.2) is 0 Å². The summed E-state index contributed by atoms with van der Waals surface area (Å²) in [6.07, 6.45) is 0. The molecule has 0 N–H and O–H groups in total. The number of hydrogen-bond donors (Lipinski definition) is 0. The number of imidazole rings is 2. The molecule has 6 heteroatoms. The molecule has 65 heavy (non-hydrogen) atoms. The minimum atomic E-state index is 0.918. The Morgan fingerprint density at radius 3 is 1.32 bits per heavy atom. The van der Waals surface area contributed by atoms with E-state index in [4.69, 9.17) is 15.0 Å². The van der Waals surface area contributed by atoms with Crippen LogP contribution in [0, 0.1) is 0 Å². The molecular weight excluding hydrogens is 811 g/mol. The molecule has 4 aromatic heterocycles. The molecule has 13 aromatic rings. The average molecular weight is 848 g/mol. The molecule has 0 spiro atoms. The Bertz CT molecular complexity index is 3740. The van der Waals surface area contributed by atoms with E-state index in [1.54, 1.807) is 0 Å². The maximum absolute atomic E-state index is 5.46. The number of nitrogens with zero attached hydrogens (tertiary/aromatic N) is 5. The minimum Gasteiger partial charge on any atom is -0.292 e. The molecular formula is C59H37N5S. The first kappa shape index (κ1) is 37.1. The first-order valence-electron chi connectivity index (χ1n) is 21.8. The van der Waals surface area contributed by atoms with Gasteiger partial charge < -0.3 is 0 Å². The summed E-state index contributed by atoms with van der Waals surface area (Å²) in [5, 5.41) is 3.70. The normalized spacial score (nSPS) is 11.7. The average Bonchev–Trinajstić information content (AvgIpc) is 4.09. The van der Waals surface area contributed by atoms with Crippen molar-refractivity contribution in [1.82, 2.24) is 24.1 Å². The van der Waals surface area contributed by atoms with Crippen LogP contribution in [-0.2, 0) is 0 Å². The molecule has 0 radical (unpaired) electrons. The van der Waals surface area contributed by atoms with Crippen LogP contribution in [0.2, 0.25) is 0 Å². The SMILES string of the molecule is c1ccc(-c2nc3ccccc3n2-c2ccc(-c3cc(-c4ccc(-n5c(-c6ccccc6)nc6ccccc65)cc4)cc(-c4nc5ccccc5c5c4sc4ccccc45)c3)cc2)cc1. The number of rotatable bonds is 7. The molecule has 13 rings (SSSR count). The highest BCUT2D eigenvalue weighted by Gasteiger charge is 2.20. The van der Waals surface area contributed by atoms with Crippen LogP contribution in [-0.4, -0.2) is 24.1 Å². The van der Waals surface area contributed by atoms with Gasteiger partial charge in [0.2, 0.25) is 0 Å². The van der Waals surface area contributed by atoms with Gasteiger partial charge in [0.25, 0.3) is 0 Å². The summed E-state index contributed by atoms with van der Waals surface area (Å²) in [5.74, 6) is 1.84. The Labute approximate surface area is 378 Å². The van der Waals surface area contributed by atoms with Crippen LogP contribution >= 0.6 is 11.3 Å². The van der Waals surface area contributed by atoms with Gasteiger partial charge in [0.1, 0.15) is 11.6 Å². The predicted molar refractivity (Wildman–Crippen MR) is 271 cm³/mol. The summed E-state index contributed by atoms with van der Waals surface area (Å²) in [6, 6.07) is 79.7. The second-order valence-corrected chi connectivity index (χ2v) is 17.5. The molecule has 0 saturated carbocycles. The molecule has 5 nitrogen and oxygen atoms in total. The topological polar surface area (TPSA) is 48.5 Å². The van der Waals surface area contributed by atoms with Crippen molar-refractivity contribution in [1.29, 1.82) is 0 Å². The standard InChI is InChI=1S/C59H37N5S/c1-3-15-40(16-4-1)58-61-50-22-10-12-24-52(50)63(58)45-31-27-38(28-32-45)42-35-43(37-44(36-42)56-57-55(47-19-7-9-21-49(47)60-56)48-20-8-14-26-54(48)65-57)39-29-33-46(34-30-39)64-53-25-13-11-23-51(53)62-59(64)41-17-5-2-6-18-41/h1-37H. The lowest BCUT2D eigenvalue weighted by Gasteiger charge is -2.15. The van der Waals surface area contributed by atoms with Crippen LogP contribution in [0.1, 0.15) is 0 Å². The number of pyridine rings is 1. The summed E-state index contributed by atoms with van der Waals surface area (Å²) < 4.78 is 6.98. The van der Waals surface area contributed by atoms with E-state index in [1.165, 1.54) is 25.6 Å². The van der Waals surface area contributed by atoms with Gasteiger partial charge in [-0.15, -0.1) is 11.3 Å². The monoisotopic (exact) mass is 847 g/mol. The summed E-state index contributed by atoms with van der Waals surface area (Å²) in [4.78, 5) is 15.7. The highest BCUT2D eigenvalue weighted by atomic mass is 32.1. The van der Waals surface area contributed by atoms with Gasteiger partial charge in [-0.1, -0.05) is 146 Å². The van der Waals surface area contributed by atoms with Gasteiger partial charge in [-0.25, -0.2) is 15.0 Å². The quantitative estimate of drug-likeness (QED) is 0.161. The van der Waals surface area contributed by atoms with Crippen LogP contribution < -0.4 is 0 Å². The zero-order valence-corrected chi connectivity index (χ0v) is 35.8. The number of benzene rings is 9. The lowest BCUT2D eigenvalue weighted by atomic mass is 9.94. The maximum Gasteiger partial charge on any atom is 0.145 e. The third kappa shape index (κ3) is 6.26. The Morgan fingerprint density at radius 1 is 0.323 bits per heavy atom. The van der Waals surface area contributed by atoms with Crippen molar-refractivity contribution in [2.24, 2.45) is 0 Å². The third-order valence-corrected chi connectivity index (χ3v) is 13.7. The van der Waals surface area contributed by atoms with E-state index >= 15 is 0 Å². The van der Waals surface area contributed by atoms with Gasteiger partial charge in [-0.05, 0) is 101 Å². The van der Waals surface area contributed by atoms with Crippen molar-refractivity contribution in [3.8, 4) is 67.7 Å². The number of para-hydroxylation sites is 5. The fraction of sp³-hybridized carbons (Fsp3) is 0. The van der Waals surface area contributed by atoms with Crippen LogP contribution in [0.25, 0.3) is 121 Å². The predicted octanol–water partition coefficient (Wildman–Crippen LogP) is 15.6. The third-order valence-electron chi connectivity index (χ3n) is 12.5. The lowest BCUT2D eigenvalue weighted by Crippen LogP contribution is -1.98. The van der Waals surface area contributed by atoms with Crippen molar-refractivity contribution in [3.05, 3.63) is 224 Å². The van der Waals surface area contributed by atoms with Crippen LogP contribution in [0.4, 0.5) is 0 Å². The van der Waals surface area contributed by atoms with Crippen molar-refractivity contribution < 1.29 is 0 Å². The first-order valence-corrected chi connectivity index (χ1v) is 22.7. The molecule has 0 saturated heterocycles. The van der Waals surface area contributed by atoms with E-state index < -0.39 is 0 Å². The van der Waals surface area contributed by atoms with Gasteiger partial charge in [0.05, 0.1) is 38.0 Å². The molecule has 0 aliphatic heterocycles. The highest BCUT2D eigenvalue weighted by Crippen LogP contribution is 2.44. The fourth-order valence-electron chi connectivity index (χ4n) is 9.47. The Morgan fingerprint density at radius 2 is 0.769 bits per heavy atom. The smallest absolute Gasteiger partial charge is 0.145 e. The lowest BCUT2D eigenvalue weighted by molar-refractivity contribution is 1.10. The second kappa shape index (κ2) is 15.1. The van der Waals surface area contributed by atoms with Crippen molar-refractivity contribution in [3.63, 3.8) is 0 Å². The van der Waals surface area contributed by atoms with Crippen LogP contribution in [0.15, 0.2) is 224 Å². The highest BCUT2D eigenvalue weighted by molar-refractivity contribution is 7.26. The van der Waals surface area contributed by atoms with Crippen molar-refractivity contribution in [2.75, 3.05) is 0 Å². The second-order valence-electron chi connectivity index (χ2n) is 16.4. The molecule has 4 heterocycles. The Kier molecular flexibility index (Phi) is 8.64. The maximum atomic E-state index is 5.46. The number of thiophene rings is 1. The van der Waals surface area contributed by atoms with E-state index in [2.05, 4.69) is 209 Å². The molecule has 0 aliphatic rings. The molecule has 0 fully saturated rings. The van der Waals surface area contributed by atoms with E-state index in [0.717, 1.165) is 95.2 Å². The van der Waals surface area contributed by atoms with Gasteiger partial charge in [-0.2, -0.15) is 0 Å². The molecule has 0 bridgehead atoms. The first-order chi connectivity index (χ1) is 32.2. The minimum absolute atomic E-state index is 0.918. The summed E-state index contributed by atoms with van der Waals surface area (Å²) in [7, 11) is 0. The Balaban J connectivity index is 0.986. The van der Waals surface area contributed by atoms with E-state index in [0.29, 0.717) is 0 Å².